The fraction of sp³-hybridized carbons (Fsp3) is 0.364. The minimum Gasteiger partial charge on any atom is -0.396 e. The van der Waals surface area contributed by atoms with E-state index in [1.807, 2.05) is 0 Å². The van der Waals surface area contributed by atoms with Crippen LogP contribution in [0.3, 0.4) is 0 Å². The molecular weight excluding hydrogens is 233 g/mol. The van der Waals surface area contributed by atoms with Crippen LogP contribution in [0.2, 0.25) is 0 Å². The van der Waals surface area contributed by atoms with Gasteiger partial charge in [0.05, 0.1) is 16.6 Å². The van der Waals surface area contributed by atoms with E-state index in [1.54, 1.807) is 0 Å². The van der Waals surface area contributed by atoms with Crippen LogP contribution in [0.1, 0.15) is 17.8 Å². The Balaban J connectivity index is 2.34. The molecule has 0 saturated heterocycles. The van der Waals surface area contributed by atoms with Crippen molar-refractivity contribution in [3.8, 4) is 0 Å². The molecule has 2 aromatic rings. The first-order chi connectivity index (χ1) is 8.00. The number of aromatic nitrogens is 2. The smallest absolute Gasteiger partial charge is 0.396 e. The molecular formula is C11H11F3N2O. The number of H-pyrrole nitrogens is 1. The maximum absolute atomic E-state index is 12.5. The normalized spacial score (nSPS) is 12.2. The van der Waals surface area contributed by atoms with Crippen molar-refractivity contribution in [2.24, 2.45) is 0 Å². The summed E-state index contributed by atoms with van der Waals surface area (Å²) >= 11 is 0. The van der Waals surface area contributed by atoms with Gasteiger partial charge in [0.2, 0.25) is 0 Å². The third-order valence-corrected chi connectivity index (χ3v) is 2.43. The van der Waals surface area contributed by atoms with Crippen LogP contribution in [0.25, 0.3) is 11.0 Å². The number of nitrogens with zero attached hydrogens (tertiary/aromatic N) is 1. The van der Waals surface area contributed by atoms with E-state index in [4.69, 9.17) is 5.11 Å². The van der Waals surface area contributed by atoms with Crippen molar-refractivity contribution in [1.82, 2.24) is 9.97 Å². The van der Waals surface area contributed by atoms with Crippen LogP contribution in [0.5, 0.6) is 0 Å². The summed E-state index contributed by atoms with van der Waals surface area (Å²) in [6.45, 7) is 0.0326. The standard InChI is InChI=1S/C11H11F3N2O/c12-11(13,14)7-3-4-8-9(6-7)16-10(15-8)2-1-5-17/h3-4,6,17H,1-2,5H2,(H,15,16). The van der Waals surface area contributed by atoms with Crippen molar-refractivity contribution < 1.29 is 18.3 Å². The highest BCUT2D eigenvalue weighted by Crippen LogP contribution is 2.30. The zero-order chi connectivity index (χ0) is 12.5. The van der Waals surface area contributed by atoms with Gasteiger partial charge in [-0.25, -0.2) is 4.98 Å². The van der Waals surface area contributed by atoms with Gasteiger partial charge in [-0.2, -0.15) is 13.2 Å². The van der Waals surface area contributed by atoms with Gasteiger partial charge in [-0.1, -0.05) is 0 Å². The second kappa shape index (κ2) is 4.37. The number of aliphatic hydroxyl groups excluding tert-OH is 1. The molecule has 0 aliphatic rings. The molecule has 2 rings (SSSR count). The number of hydrogen-bond acceptors (Lipinski definition) is 2. The summed E-state index contributed by atoms with van der Waals surface area (Å²) in [5.74, 6) is 0.591. The number of imidazole rings is 1. The molecule has 0 saturated carbocycles. The number of aliphatic hydroxyl groups is 1. The lowest BCUT2D eigenvalue weighted by Gasteiger charge is -2.04. The predicted molar refractivity (Wildman–Crippen MR) is 56.5 cm³/mol. The Kier molecular flexibility index (Phi) is 3.06. The van der Waals surface area contributed by atoms with Gasteiger partial charge in [-0.15, -0.1) is 0 Å². The molecule has 0 unspecified atom stereocenters. The molecule has 0 spiro atoms. The van der Waals surface area contributed by atoms with E-state index in [0.29, 0.717) is 29.7 Å². The van der Waals surface area contributed by atoms with Crippen LogP contribution in [0, 0.1) is 0 Å². The number of hydrogen-bond donors (Lipinski definition) is 2. The molecule has 0 amide bonds. The molecule has 0 bridgehead atoms. The fourth-order valence-corrected chi connectivity index (χ4v) is 1.60. The summed E-state index contributed by atoms with van der Waals surface area (Å²) < 4.78 is 37.4. The largest absolute Gasteiger partial charge is 0.416 e. The number of halogens is 3. The topological polar surface area (TPSA) is 48.9 Å². The second-order valence-corrected chi connectivity index (χ2v) is 3.74. The van der Waals surface area contributed by atoms with Gasteiger partial charge in [0.1, 0.15) is 5.82 Å². The van der Waals surface area contributed by atoms with Gasteiger partial charge in [-0.05, 0) is 24.6 Å². The number of benzene rings is 1. The van der Waals surface area contributed by atoms with E-state index < -0.39 is 11.7 Å². The Bertz CT molecular complexity index is 519. The second-order valence-electron chi connectivity index (χ2n) is 3.74. The van der Waals surface area contributed by atoms with Crippen molar-refractivity contribution in [3.05, 3.63) is 29.6 Å². The number of rotatable bonds is 3. The van der Waals surface area contributed by atoms with Gasteiger partial charge < -0.3 is 10.1 Å². The summed E-state index contributed by atoms with van der Waals surface area (Å²) in [6.07, 6.45) is -3.29. The maximum Gasteiger partial charge on any atom is 0.416 e. The van der Waals surface area contributed by atoms with E-state index in [9.17, 15) is 13.2 Å². The van der Waals surface area contributed by atoms with Gasteiger partial charge in [0.15, 0.2) is 0 Å². The van der Waals surface area contributed by atoms with Crippen LogP contribution in [0.15, 0.2) is 18.2 Å². The summed E-state index contributed by atoms with van der Waals surface area (Å²) in [4.78, 5) is 6.98. The van der Waals surface area contributed by atoms with Gasteiger partial charge in [0.25, 0.3) is 0 Å². The average Bonchev–Trinajstić information content (AvgIpc) is 2.66. The molecule has 92 valence electrons. The summed E-state index contributed by atoms with van der Waals surface area (Å²) in [7, 11) is 0. The van der Waals surface area contributed by atoms with Crippen molar-refractivity contribution in [1.29, 1.82) is 0 Å². The molecule has 0 aliphatic heterocycles. The quantitative estimate of drug-likeness (QED) is 0.871. The summed E-state index contributed by atoms with van der Waals surface area (Å²) in [5, 5.41) is 8.66. The van der Waals surface area contributed by atoms with Crippen LogP contribution < -0.4 is 0 Å². The minimum absolute atomic E-state index is 0.0326. The van der Waals surface area contributed by atoms with Crippen molar-refractivity contribution >= 4 is 11.0 Å². The molecule has 17 heavy (non-hydrogen) atoms. The third kappa shape index (κ3) is 2.58. The van der Waals surface area contributed by atoms with E-state index in [-0.39, 0.29) is 6.61 Å². The molecule has 2 N–H and O–H groups in total. The highest BCUT2D eigenvalue weighted by Gasteiger charge is 2.30. The number of aromatic amines is 1. The lowest BCUT2D eigenvalue weighted by molar-refractivity contribution is -0.137. The Morgan fingerprint density at radius 2 is 2.06 bits per heavy atom. The first-order valence-corrected chi connectivity index (χ1v) is 5.17. The van der Waals surface area contributed by atoms with Crippen LogP contribution in [-0.2, 0) is 12.6 Å². The van der Waals surface area contributed by atoms with Crippen LogP contribution in [-0.4, -0.2) is 21.7 Å². The Labute approximate surface area is 95.3 Å². The van der Waals surface area contributed by atoms with Gasteiger partial charge in [0, 0.05) is 13.0 Å². The van der Waals surface area contributed by atoms with Crippen molar-refractivity contribution in [3.63, 3.8) is 0 Å². The highest BCUT2D eigenvalue weighted by molar-refractivity contribution is 5.76. The van der Waals surface area contributed by atoms with E-state index in [1.165, 1.54) is 6.07 Å². The molecule has 1 aromatic carbocycles. The number of nitrogens with one attached hydrogen (secondary N) is 1. The van der Waals surface area contributed by atoms with E-state index in [0.717, 1.165) is 12.1 Å². The van der Waals surface area contributed by atoms with Gasteiger partial charge in [-0.3, -0.25) is 0 Å². The summed E-state index contributed by atoms with van der Waals surface area (Å²) in [5.41, 5.74) is 0.170. The zero-order valence-corrected chi connectivity index (χ0v) is 8.88. The highest BCUT2D eigenvalue weighted by atomic mass is 19.4. The molecule has 0 fully saturated rings. The Morgan fingerprint density at radius 1 is 1.29 bits per heavy atom. The monoisotopic (exact) mass is 244 g/mol. The predicted octanol–water partition coefficient (Wildman–Crippen LogP) is 2.51. The van der Waals surface area contributed by atoms with Crippen LogP contribution in [0.4, 0.5) is 13.2 Å². The molecule has 0 aliphatic carbocycles. The van der Waals surface area contributed by atoms with E-state index in [2.05, 4.69) is 9.97 Å². The van der Waals surface area contributed by atoms with Crippen molar-refractivity contribution in [2.75, 3.05) is 6.61 Å². The first-order valence-electron chi connectivity index (χ1n) is 5.17. The molecule has 1 aromatic heterocycles. The Morgan fingerprint density at radius 3 is 2.71 bits per heavy atom. The molecule has 0 atom stereocenters. The number of aryl methyl sites for hydroxylation is 1. The van der Waals surface area contributed by atoms with E-state index >= 15 is 0 Å². The van der Waals surface area contributed by atoms with Crippen LogP contribution >= 0.6 is 0 Å². The number of alkyl halides is 3. The molecule has 3 nitrogen and oxygen atoms in total. The lowest BCUT2D eigenvalue weighted by atomic mass is 10.2. The lowest BCUT2D eigenvalue weighted by Crippen LogP contribution is -2.04. The molecule has 0 radical (unpaired) electrons. The van der Waals surface area contributed by atoms with Crippen molar-refractivity contribution in [2.45, 2.75) is 19.0 Å². The number of fused-ring (bicyclic) bond motifs is 1. The fourth-order valence-electron chi connectivity index (χ4n) is 1.60. The zero-order valence-electron chi connectivity index (χ0n) is 8.88. The molecule has 1 heterocycles. The maximum atomic E-state index is 12.5. The average molecular weight is 244 g/mol. The first kappa shape index (κ1) is 11.9. The molecule has 6 heteroatoms. The van der Waals surface area contributed by atoms with Gasteiger partial charge >= 0.3 is 6.18 Å². The summed E-state index contributed by atoms with van der Waals surface area (Å²) in [6, 6.07) is 3.41. The third-order valence-electron chi connectivity index (χ3n) is 2.43. The SMILES string of the molecule is OCCCc1nc2cc(C(F)(F)F)ccc2[nH]1. The minimum atomic E-state index is -4.35. The Hall–Kier alpha value is -1.56.